The molecule has 1 aromatic heterocycles. The zero-order valence-corrected chi connectivity index (χ0v) is 9.80. The third-order valence-corrected chi connectivity index (χ3v) is 2.25. The molecule has 0 saturated heterocycles. The molecule has 0 bridgehead atoms. The van der Waals surface area contributed by atoms with Gasteiger partial charge in [-0.05, 0) is 13.0 Å². The fourth-order valence-corrected chi connectivity index (χ4v) is 1.25. The van der Waals surface area contributed by atoms with Gasteiger partial charge >= 0.3 is 5.97 Å². The minimum absolute atomic E-state index is 0.236. The quantitative estimate of drug-likeness (QED) is 0.790. The molecule has 94 valence electrons. The van der Waals surface area contributed by atoms with Crippen LogP contribution in [0.4, 0.5) is 0 Å². The van der Waals surface area contributed by atoms with Crippen LogP contribution in [-0.4, -0.2) is 42.1 Å². The number of furan rings is 1. The number of carboxylic acid groups (broad SMARTS) is 1. The number of aryl methyl sites for hydroxylation is 1. The lowest BCUT2D eigenvalue weighted by Gasteiger charge is -2.16. The number of hydrogen-bond acceptors (Lipinski definition) is 4. The summed E-state index contributed by atoms with van der Waals surface area (Å²) in [5, 5.41) is 8.35. The van der Waals surface area contributed by atoms with Crippen molar-refractivity contribution in [3.63, 3.8) is 0 Å². The van der Waals surface area contributed by atoms with Crippen LogP contribution in [0.25, 0.3) is 0 Å². The molecular formula is C11H15NO5. The second-order valence-corrected chi connectivity index (χ2v) is 3.64. The molecule has 1 rings (SSSR count). The van der Waals surface area contributed by atoms with Crippen molar-refractivity contribution < 1.29 is 23.8 Å². The average molecular weight is 241 g/mol. The fraction of sp³-hybridized carbons (Fsp3) is 0.455. The largest absolute Gasteiger partial charge is 0.480 e. The maximum absolute atomic E-state index is 11.5. The Labute approximate surface area is 98.8 Å². The summed E-state index contributed by atoms with van der Waals surface area (Å²) in [6.45, 7) is 1.52. The summed E-state index contributed by atoms with van der Waals surface area (Å²) in [5.74, 6) is -0.603. The van der Waals surface area contributed by atoms with E-state index in [0.29, 0.717) is 6.54 Å². The van der Waals surface area contributed by atoms with Gasteiger partial charge in [0, 0.05) is 19.2 Å². The highest BCUT2D eigenvalue weighted by molar-refractivity contribution is 5.77. The fourth-order valence-electron chi connectivity index (χ4n) is 1.25. The van der Waals surface area contributed by atoms with Crippen LogP contribution in [0.1, 0.15) is 11.3 Å². The van der Waals surface area contributed by atoms with E-state index in [1.807, 2.05) is 6.92 Å². The second-order valence-electron chi connectivity index (χ2n) is 3.64. The number of hydrogen-bond donors (Lipinski definition) is 1. The average Bonchev–Trinajstić information content (AvgIpc) is 2.63. The van der Waals surface area contributed by atoms with Crippen molar-refractivity contribution >= 4 is 11.9 Å². The lowest BCUT2D eigenvalue weighted by Crippen LogP contribution is -2.30. The van der Waals surface area contributed by atoms with E-state index in [2.05, 4.69) is 0 Å². The summed E-state index contributed by atoms with van der Waals surface area (Å²) in [7, 11) is 1.62. The first kappa shape index (κ1) is 13.2. The van der Waals surface area contributed by atoms with Crippen molar-refractivity contribution in [3.8, 4) is 0 Å². The maximum Gasteiger partial charge on any atom is 0.329 e. The Morgan fingerprint density at radius 2 is 2.18 bits per heavy atom. The standard InChI is InChI=1S/C11H15NO5/c1-8-9(3-4-17-8)5-12(2)10(13)6-16-7-11(14)15/h3-4H,5-7H2,1-2H3,(H,14,15). The van der Waals surface area contributed by atoms with Crippen LogP contribution in [0, 0.1) is 6.92 Å². The van der Waals surface area contributed by atoms with E-state index in [0.717, 1.165) is 11.3 Å². The topological polar surface area (TPSA) is 80.0 Å². The van der Waals surface area contributed by atoms with Crippen molar-refractivity contribution in [1.82, 2.24) is 4.90 Å². The predicted molar refractivity (Wildman–Crippen MR) is 58.4 cm³/mol. The number of rotatable bonds is 6. The van der Waals surface area contributed by atoms with E-state index in [1.165, 1.54) is 4.90 Å². The minimum Gasteiger partial charge on any atom is -0.480 e. The molecule has 0 aliphatic heterocycles. The Hall–Kier alpha value is -1.82. The molecule has 6 heteroatoms. The van der Waals surface area contributed by atoms with Crippen LogP contribution in [0.3, 0.4) is 0 Å². The molecule has 17 heavy (non-hydrogen) atoms. The monoisotopic (exact) mass is 241 g/mol. The summed E-state index contributed by atoms with van der Waals surface area (Å²) in [4.78, 5) is 23.2. The molecule has 0 aliphatic rings. The Morgan fingerprint density at radius 1 is 1.47 bits per heavy atom. The van der Waals surface area contributed by atoms with E-state index in [-0.39, 0.29) is 12.5 Å². The van der Waals surface area contributed by atoms with Crippen molar-refractivity contribution in [1.29, 1.82) is 0 Å². The molecule has 0 spiro atoms. The first-order chi connectivity index (χ1) is 8.00. The zero-order valence-electron chi connectivity index (χ0n) is 9.80. The van der Waals surface area contributed by atoms with Gasteiger partial charge in [-0.3, -0.25) is 4.79 Å². The van der Waals surface area contributed by atoms with Crippen molar-refractivity contribution in [2.75, 3.05) is 20.3 Å². The van der Waals surface area contributed by atoms with E-state index in [9.17, 15) is 9.59 Å². The Balaban J connectivity index is 2.37. The molecule has 1 heterocycles. The molecule has 0 atom stereocenters. The van der Waals surface area contributed by atoms with Gasteiger partial charge in [-0.1, -0.05) is 0 Å². The van der Waals surface area contributed by atoms with Gasteiger partial charge in [-0.15, -0.1) is 0 Å². The molecular weight excluding hydrogens is 226 g/mol. The molecule has 1 amide bonds. The van der Waals surface area contributed by atoms with E-state index >= 15 is 0 Å². The van der Waals surface area contributed by atoms with Crippen LogP contribution >= 0.6 is 0 Å². The van der Waals surface area contributed by atoms with Crippen molar-refractivity contribution in [3.05, 3.63) is 23.7 Å². The molecule has 0 unspecified atom stereocenters. The summed E-state index contributed by atoms with van der Waals surface area (Å²) >= 11 is 0. The first-order valence-corrected chi connectivity index (χ1v) is 5.07. The van der Waals surface area contributed by atoms with Gasteiger partial charge in [-0.25, -0.2) is 4.79 Å². The van der Waals surface area contributed by atoms with Crippen LogP contribution in [0.2, 0.25) is 0 Å². The number of carbonyl (C=O) groups excluding carboxylic acids is 1. The second kappa shape index (κ2) is 6.05. The summed E-state index contributed by atoms with van der Waals surface area (Å²) in [6.07, 6.45) is 1.56. The summed E-state index contributed by atoms with van der Waals surface area (Å²) in [5.41, 5.74) is 0.916. The van der Waals surface area contributed by atoms with Gasteiger partial charge in [0.2, 0.25) is 5.91 Å². The molecule has 0 saturated carbocycles. The zero-order chi connectivity index (χ0) is 12.8. The molecule has 0 aliphatic carbocycles. The third-order valence-electron chi connectivity index (χ3n) is 2.25. The summed E-state index contributed by atoms with van der Waals surface area (Å²) in [6, 6.07) is 1.79. The van der Waals surface area contributed by atoms with E-state index in [1.54, 1.807) is 19.4 Å². The number of ether oxygens (including phenoxy) is 1. The highest BCUT2D eigenvalue weighted by Crippen LogP contribution is 2.10. The van der Waals surface area contributed by atoms with Gasteiger partial charge in [0.25, 0.3) is 0 Å². The number of carbonyl (C=O) groups is 2. The normalized spacial score (nSPS) is 10.2. The van der Waals surface area contributed by atoms with E-state index in [4.69, 9.17) is 14.3 Å². The first-order valence-electron chi connectivity index (χ1n) is 5.07. The number of carboxylic acids is 1. The highest BCUT2D eigenvalue weighted by atomic mass is 16.5. The van der Waals surface area contributed by atoms with Crippen LogP contribution < -0.4 is 0 Å². The van der Waals surface area contributed by atoms with Gasteiger partial charge in [-0.2, -0.15) is 0 Å². The highest BCUT2D eigenvalue weighted by Gasteiger charge is 2.12. The SMILES string of the molecule is Cc1occc1CN(C)C(=O)COCC(=O)O. The lowest BCUT2D eigenvalue weighted by atomic mass is 10.2. The van der Waals surface area contributed by atoms with Crippen LogP contribution in [-0.2, 0) is 20.9 Å². The molecule has 1 aromatic rings. The predicted octanol–water partition coefficient (Wildman–Crippen LogP) is 0.648. The molecule has 0 radical (unpaired) electrons. The van der Waals surface area contributed by atoms with Gasteiger partial charge in [0.05, 0.1) is 6.26 Å². The third kappa shape index (κ3) is 4.28. The molecule has 6 nitrogen and oxygen atoms in total. The Bertz CT molecular complexity index is 398. The van der Waals surface area contributed by atoms with Crippen molar-refractivity contribution in [2.24, 2.45) is 0 Å². The maximum atomic E-state index is 11.5. The van der Waals surface area contributed by atoms with Gasteiger partial charge in [0.1, 0.15) is 19.0 Å². The van der Waals surface area contributed by atoms with Crippen LogP contribution in [0.5, 0.6) is 0 Å². The minimum atomic E-state index is -1.09. The van der Waals surface area contributed by atoms with Crippen LogP contribution in [0.15, 0.2) is 16.7 Å². The summed E-state index contributed by atoms with van der Waals surface area (Å²) < 4.78 is 9.82. The number of aliphatic carboxylic acids is 1. The smallest absolute Gasteiger partial charge is 0.329 e. The Morgan fingerprint density at radius 3 is 2.71 bits per heavy atom. The molecule has 1 N–H and O–H groups in total. The van der Waals surface area contributed by atoms with Gasteiger partial charge < -0.3 is 19.2 Å². The number of amides is 1. The lowest BCUT2D eigenvalue weighted by molar-refractivity contribution is -0.145. The van der Waals surface area contributed by atoms with E-state index < -0.39 is 12.6 Å². The van der Waals surface area contributed by atoms with Gasteiger partial charge in [0.15, 0.2) is 0 Å². The molecule has 0 fully saturated rings. The molecule has 0 aromatic carbocycles. The Kier molecular flexibility index (Phi) is 4.71. The number of likely N-dealkylation sites (N-methyl/N-ethyl adjacent to an activating group) is 1. The number of nitrogens with zero attached hydrogens (tertiary/aromatic N) is 1. The van der Waals surface area contributed by atoms with Crippen molar-refractivity contribution in [2.45, 2.75) is 13.5 Å².